The Bertz CT molecular complexity index is 1390. The maximum atomic E-state index is 13.0. The number of imide groups is 1. The highest BCUT2D eigenvalue weighted by molar-refractivity contribution is 6.05. The van der Waals surface area contributed by atoms with Crippen LogP contribution in [-0.2, 0) is 16.1 Å². The SMILES string of the molecule is O=C1CCC(N2Cc3cc(OC4CC5CN(C(c6ccccc6)c6ccccc6)CC5C4)ccc3C2=O)C(=O)N1. The van der Waals surface area contributed by atoms with E-state index >= 15 is 0 Å². The van der Waals surface area contributed by atoms with Gasteiger partial charge in [0.25, 0.3) is 5.91 Å². The summed E-state index contributed by atoms with van der Waals surface area (Å²) in [4.78, 5) is 41.1. The summed E-state index contributed by atoms with van der Waals surface area (Å²) in [6, 6.07) is 26.9. The number of fused-ring (bicyclic) bond motifs is 2. The second-order valence-corrected chi connectivity index (χ2v) is 11.6. The molecule has 0 aromatic heterocycles. The van der Waals surface area contributed by atoms with Crippen LogP contribution in [0.15, 0.2) is 78.9 Å². The lowest BCUT2D eigenvalue weighted by Crippen LogP contribution is -2.52. The van der Waals surface area contributed by atoms with Gasteiger partial charge in [0, 0.05) is 31.6 Å². The lowest BCUT2D eigenvalue weighted by Gasteiger charge is -2.30. The lowest BCUT2D eigenvalue weighted by molar-refractivity contribution is -0.136. The molecule has 3 unspecified atom stereocenters. The maximum absolute atomic E-state index is 13.0. The van der Waals surface area contributed by atoms with Crippen molar-refractivity contribution in [3.8, 4) is 5.75 Å². The molecule has 1 aliphatic carbocycles. The van der Waals surface area contributed by atoms with Crippen molar-refractivity contribution in [2.45, 2.75) is 50.4 Å². The first kappa shape index (κ1) is 25.0. The molecule has 40 heavy (non-hydrogen) atoms. The highest BCUT2D eigenvalue weighted by Crippen LogP contribution is 2.44. The van der Waals surface area contributed by atoms with E-state index in [-0.39, 0.29) is 36.3 Å². The van der Waals surface area contributed by atoms with Crippen LogP contribution >= 0.6 is 0 Å². The number of hydrogen-bond acceptors (Lipinski definition) is 5. The Kier molecular flexibility index (Phi) is 6.39. The molecule has 2 saturated heterocycles. The second-order valence-electron chi connectivity index (χ2n) is 11.6. The highest BCUT2D eigenvalue weighted by Gasteiger charge is 2.44. The summed E-state index contributed by atoms with van der Waals surface area (Å²) in [6.07, 6.45) is 2.83. The zero-order chi connectivity index (χ0) is 27.2. The quantitative estimate of drug-likeness (QED) is 0.476. The first-order valence-corrected chi connectivity index (χ1v) is 14.3. The van der Waals surface area contributed by atoms with Gasteiger partial charge in [-0.2, -0.15) is 0 Å². The predicted octanol–water partition coefficient (Wildman–Crippen LogP) is 4.33. The molecule has 1 saturated carbocycles. The smallest absolute Gasteiger partial charge is 0.255 e. The van der Waals surface area contributed by atoms with E-state index in [1.807, 2.05) is 18.2 Å². The number of hydrogen-bond donors (Lipinski definition) is 1. The van der Waals surface area contributed by atoms with Crippen molar-refractivity contribution >= 4 is 17.7 Å². The molecule has 3 atom stereocenters. The number of nitrogens with zero attached hydrogens (tertiary/aromatic N) is 2. The van der Waals surface area contributed by atoms with Crippen LogP contribution in [0.4, 0.5) is 0 Å². The molecule has 0 spiro atoms. The van der Waals surface area contributed by atoms with Gasteiger partial charge in [-0.25, -0.2) is 0 Å². The fraction of sp³-hybridized carbons (Fsp3) is 0.364. The zero-order valence-corrected chi connectivity index (χ0v) is 22.4. The molecular weight excluding hydrogens is 502 g/mol. The van der Waals surface area contributed by atoms with Gasteiger partial charge in [-0.15, -0.1) is 0 Å². The third kappa shape index (κ3) is 4.58. The second kappa shape index (κ2) is 10.2. The molecule has 7 rings (SSSR count). The van der Waals surface area contributed by atoms with Gasteiger partial charge < -0.3 is 9.64 Å². The molecule has 0 radical (unpaired) electrons. The number of carbonyl (C=O) groups is 3. The van der Waals surface area contributed by atoms with E-state index in [0.29, 0.717) is 30.4 Å². The third-order valence-corrected chi connectivity index (χ3v) is 9.13. The minimum atomic E-state index is -0.602. The van der Waals surface area contributed by atoms with Crippen LogP contribution in [0.1, 0.15) is 58.8 Å². The third-order valence-electron chi connectivity index (χ3n) is 9.13. The Morgan fingerprint density at radius 3 is 2.10 bits per heavy atom. The molecule has 3 amide bonds. The van der Waals surface area contributed by atoms with Crippen molar-refractivity contribution in [1.82, 2.24) is 15.1 Å². The van der Waals surface area contributed by atoms with E-state index in [4.69, 9.17) is 4.74 Å². The Morgan fingerprint density at radius 2 is 1.48 bits per heavy atom. The summed E-state index contributed by atoms with van der Waals surface area (Å²) in [6.45, 7) is 2.47. The van der Waals surface area contributed by atoms with Crippen molar-refractivity contribution < 1.29 is 19.1 Å². The van der Waals surface area contributed by atoms with Crippen molar-refractivity contribution in [2.24, 2.45) is 11.8 Å². The van der Waals surface area contributed by atoms with E-state index in [2.05, 4.69) is 70.9 Å². The van der Waals surface area contributed by atoms with Gasteiger partial charge in [0.1, 0.15) is 11.8 Å². The Morgan fingerprint density at radius 1 is 0.825 bits per heavy atom. The molecule has 3 aromatic carbocycles. The molecular formula is C33H33N3O4. The Hall–Kier alpha value is -3.97. The van der Waals surface area contributed by atoms with Gasteiger partial charge in [0.2, 0.25) is 11.8 Å². The molecule has 3 heterocycles. The first-order chi connectivity index (χ1) is 19.5. The minimum Gasteiger partial charge on any atom is -0.490 e. The van der Waals surface area contributed by atoms with Gasteiger partial charge in [-0.05, 0) is 66.0 Å². The van der Waals surface area contributed by atoms with Crippen molar-refractivity contribution in [2.75, 3.05) is 13.1 Å². The number of benzene rings is 3. The largest absolute Gasteiger partial charge is 0.490 e. The predicted molar refractivity (Wildman–Crippen MR) is 149 cm³/mol. The fourth-order valence-electron chi connectivity index (χ4n) is 7.29. The molecule has 3 aliphatic heterocycles. The average molecular weight is 536 g/mol. The average Bonchev–Trinajstić information content (AvgIpc) is 3.61. The van der Waals surface area contributed by atoms with Crippen LogP contribution in [0.25, 0.3) is 0 Å². The minimum absolute atomic E-state index is 0.155. The van der Waals surface area contributed by atoms with Gasteiger partial charge in [-0.1, -0.05) is 60.7 Å². The fourth-order valence-corrected chi connectivity index (χ4v) is 7.29. The number of rotatable bonds is 6. The number of nitrogens with one attached hydrogen (secondary N) is 1. The number of piperidine rings is 1. The number of likely N-dealkylation sites (tertiary alicyclic amines) is 1. The highest BCUT2D eigenvalue weighted by atomic mass is 16.5. The topological polar surface area (TPSA) is 79.0 Å². The standard InChI is InChI=1S/C33H33N3O4/c37-30-14-13-29(32(38)34-30)36-20-25-17-26(11-12-28(25)33(36)39)40-27-15-23-18-35(19-24(23)16-27)31(21-7-3-1-4-8-21)22-9-5-2-6-10-22/h1-12,17,23-24,27,29,31H,13-16,18-20H2,(H,34,37,38). The van der Waals surface area contributed by atoms with E-state index in [9.17, 15) is 14.4 Å². The van der Waals surface area contributed by atoms with Crippen molar-refractivity contribution in [3.63, 3.8) is 0 Å². The molecule has 7 heteroatoms. The van der Waals surface area contributed by atoms with Crippen LogP contribution in [-0.4, -0.2) is 52.8 Å². The van der Waals surface area contributed by atoms with E-state index in [1.54, 1.807) is 4.90 Å². The summed E-state index contributed by atoms with van der Waals surface area (Å²) < 4.78 is 6.48. The van der Waals surface area contributed by atoms with Gasteiger partial charge in [0.05, 0.1) is 12.1 Å². The number of amides is 3. The zero-order valence-electron chi connectivity index (χ0n) is 22.4. The maximum Gasteiger partial charge on any atom is 0.255 e. The normalized spacial score (nSPS) is 26.2. The molecule has 0 bridgehead atoms. The van der Waals surface area contributed by atoms with Crippen LogP contribution < -0.4 is 10.1 Å². The Balaban J connectivity index is 1.01. The van der Waals surface area contributed by atoms with Crippen LogP contribution in [0, 0.1) is 11.8 Å². The van der Waals surface area contributed by atoms with Crippen LogP contribution in [0.3, 0.4) is 0 Å². The molecule has 3 aromatic rings. The molecule has 4 aliphatic rings. The van der Waals surface area contributed by atoms with Crippen LogP contribution in [0.5, 0.6) is 5.75 Å². The van der Waals surface area contributed by atoms with Crippen LogP contribution in [0.2, 0.25) is 0 Å². The number of ether oxygens (including phenoxy) is 1. The number of carbonyl (C=O) groups excluding carboxylic acids is 3. The van der Waals surface area contributed by atoms with Gasteiger partial charge in [0.15, 0.2) is 0 Å². The molecule has 204 valence electrons. The Labute approximate surface area is 234 Å². The lowest BCUT2D eigenvalue weighted by atomic mass is 9.97. The molecule has 1 N–H and O–H groups in total. The summed E-state index contributed by atoms with van der Waals surface area (Å²) in [5, 5.41) is 2.36. The summed E-state index contributed by atoms with van der Waals surface area (Å²) in [5.41, 5.74) is 4.16. The molecule has 7 nitrogen and oxygen atoms in total. The van der Waals surface area contributed by atoms with Crippen molar-refractivity contribution in [3.05, 3.63) is 101 Å². The van der Waals surface area contributed by atoms with Crippen molar-refractivity contribution in [1.29, 1.82) is 0 Å². The van der Waals surface area contributed by atoms with E-state index in [1.165, 1.54) is 11.1 Å². The molecule has 3 fully saturated rings. The van der Waals surface area contributed by atoms with E-state index in [0.717, 1.165) is 37.2 Å². The summed E-state index contributed by atoms with van der Waals surface area (Å²) in [7, 11) is 0. The van der Waals surface area contributed by atoms with Gasteiger partial charge >= 0.3 is 0 Å². The van der Waals surface area contributed by atoms with Gasteiger partial charge in [-0.3, -0.25) is 24.6 Å². The summed E-state index contributed by atoms with van der Waals surface area (Å²) in [5.74, 6) is 1.16. The summed E-state index contributed by atoms with van der Waals surface area (Å²) >= 11 is 0. The monoisotopic (exact) mass is 535 g/mol. The van der Waals surface area contributed by atoms with E-state index < -0.39 is 6.04 Å². The first-order valence-electron chi connectivity index (χ1n) is 14.3.